The molecule has 0 saturated carbocycles. The van der Waals surface area contributed by atoms with Gasteiger partial charge in [-0.15, -0.1) is 0 Å². The summed E-state index contributed by atoms with van der Waals surface area (Å²) in [7, 11) is 0. The SMILES string of the molecule is CC(C)(C)OC(=O)N1CC(n2ncc(-c3cccc([N+](=O)[O-])c3F)c2CO)C1. The first kappa shape index (κ1) is 19.7. The molecule has 150 valence electrons. The van der Waals surface area contributed by atoms with E-state index in [0.717, 1.165) is 6.07 Å². The molecular formula is C18H21FN4O5. The van der Waals surface area contributed by atoms with E-state index in [1.54, 1.807) is 20.8 Å². The van der Waals surface area contributed by atoms with E-state index in [2.05, 4.69) is 5.10 Å². The first-order valence-corrected chi connectivity index (χ1v) is 8.71. The molecule has 0 aliphatic carbocycles. The molecule has 1 amide bonds. The van der Waals surface area contributed by atoms with Crippen LogP contribution in [0.2, 0.25) is 0 Å². The molecule has 0 radical (unpaired) electrons. The number of nitrogens with zero attached hydrogens (tertiary/aromatic N) is 4. The zero-order valence-corrected chi connectivity index (χ0v) is 15.8. The number of halogens is 1. The molecular weight excluding hydrogens is 371 g/mol. The average molecular weight is 392 g/mol. The van der Waals surface area contributed by atoms with Crippen molar-refractivity contribution in [3.63, 3.8) is 0 Å². The summed E-state index contributed by atoms with van der Waals surface area (Å²) in [4.78, 5) is 23.7. The topological polar surface area (TPSA) is 111 Å². The molecule has 1 aliphatic heterocycles. The zero-order valence-electron chi connectivity index (χ0n) is 15.8. The summed E-state index contributed by atoms with van der Waals surface area (Å²) < 4.78 is 21.4. The molecule has 28 heavy (non-hydrogen) atoms. The normalized spacial score (nSPS) is 14.7. The molecule has 0 unspecified atom stereocenters. The number of ether oxygens (including phenoxy) is 1. The number of aliphatic hydroxyl groups excluding tert-OH is 1. The number of carbonyl (C=O) groups is 1. The summed E-state index contributed by atoms with van der Waals surface area (Å²) in [6, 6.07) is 3.65. The van der Waals surface area contributed by atoms with Crippen molar-refractivity contribution in [3.05, 3.63) is 46.0 Å². The van der Waals surface area contributed by atoms with E-state index in [-0.39, 0.29) is 17.2 Å². The second kappa shape index (κ2) is 7.19. The zero-order chi connectivity index (χ0) is 20.6. The third-order valence-corrected chi connectivity index (χ3v) is 4.37. The Kier molecular flexibility index (Phi) is 5.07. The molecule has 1 aliphatic rings. The van der Waals surface area contributed by atoms with Crippen LogP contribution in [0.25, 0.3) is 11.1 Å². The van der Waals surface area contributed by atoms with Crippen molar-refractivity contribution in [2.45, 2.75) is 39.0 Å². The third-order valence-electron chi connectivity index (χ3n) is 4.37. The minimum Gasteiger partial charge on any atom is -0.444 e. The molecule has 0 bridgehead atoms. The van der Waals surface area contributed by atoms with Crippen molar-refractivity contribution in [3.8, 4) is 11.1 Å². The van der Waals surface area contributed by atoms with Crippen LogP contribution in [0.3, 0.4) is 0 Å². The summed E-state index contributed by atoms with van der Waals surface area (Å²) in [5.41, 5.74) is -0.647. The number of likely N-dealkylation sites (tertiary alicyclic amines) is 1. The van der Waals surface area contributed by atoms with Crippen LogP contribution < -0.4 is 0 Å². The van der Waals surface area contributed by atoms with Crippen molar-refractivity contribution in [1.29, 1.82) is 0 Å². The lowest BCUT2D eigenvalue weighted by Crippen LogP contribution is -2.52. The van der Waals surface area contributed by atoms with Crippen molar-refractivity contribution in [2.24, 2.45) is 0 Å². The highest BCUT2D eigenvalue weighted by Crippen LogP contribution is 2.34. The van der Waals surface area contributed by atoms with Crippen molar-refractivity contribution in [1.82, 2.24) is 14.7 Å². The van der Waals surface area contributed by atoms with Crippen LogP contribution in [-0.4, -0.2) is 49.5 Å². The molecule has 1 fully saturated rings. The van der Waals surface area contributed by atoms with Crippen molar-refractivity contribution in [2.75, 3.05) is 13.1 Å². The Morgan fingerprint density at radius 2 is 2.07 bits per heavy atom. The van der Waals surface area contributed by atoms with Crippen LogP contribution in [0.5, 0.6) is 0 Å². The highest BCUT2D eigenvalue weighted by molar-refractivity contribution is 5.70. The third kappa shape index (κ3) is 3.68. The van der Waals surface area contributed by atoms with Crippen LogP contribution in [0.1, 0.15) is 32.5 Å². The van der Waals surface area contributed by atoms with Gasteiger partial charge in [0.1, 0.15) is 5.60 Å². The Balaban J connectivity index is 1.83. The van der Waals surface area contributed by atoms with Gasteiger partial charge in [0.05, 0.1) is 29.5 Å². The predicted molar refractivity (Wildman–Crippen MR) is 97.0 cm³/mol. The van der Waals surface area contributed by atoms with E-state index in [9.17, 15) is 24.4 Å². The fourth-order valence-electron chi connectivity index (χ4n) is 3.04. The summed E-state index contributed by atoms with van der Waals surface area (Å²) in [5.74, 6) is -0.981. The second-order valence-corrected chi connectivity index (χ2v) is 7.54. The van der Waals surface area contributed by atoms with E-state index in [4.69, 9.17) is 4.74 Å². The predicted octanol–water partition coefficient (Wildman–Crippen LogP) is 2.88. The van der Waals surface area contributed by atoms with Gasteiger partial charge in [-0.05, 0) is 20.8 Å². The molecule has 1 aromatic carbocycles. The van der Waals surface area contributed by atoms with E-state index >= 15 is 0 Å². The monoisotopic (exact) mass is 392 g/mol. The molecule has 1 N–H and O–H groups in total. The van der Waals surface area contributed by atoms with Gasteiger partial charge in [-0.25, -0.2) is 4.79 Å². The van der Waals surface area contributed by atoms with Crippen molar-refractivity contribution < 1.29 is 24.0 Å². The Hall–Kier alpha value is -3.01. The minimum atomic E-state index is -0.981. The van der Waals surface area contributed by atoms with Crippen LogP contribution in [0, 0.1) is 15.9 Å². The Labute approximate surface area is 160 Å². The van der Waals surface area contributed by atoms with Gasteiger partial charge in [-0.2, -0.15) is 9.49 Å². The molecule has 1 saturated heterocycles. The molecule has 0 spiro atoms. The summed E-state index contributed by atoms with van der Waals surface area (Å²) in [5, 5.41) is 25.0. The molecule has 2 heterocycles. The number of aliphatic hydroxyl groups is 1. The maximum atomic E-state index is 14.5. The van der Waals surface area contributed by atoms with Gasteiger partial charge in [0.25, 0.3) is 0 Å². The van der Waals surface area contributed by atoms with Gasteiger partial charge in [0.15, 0.2) is 0 Å². The molecule has 9 nitrogen and oxygen atoms in total. The highest BCUT2D eigenvalue weighted by atomic mass is 19.1. The number of benzene rings is 1. The Morgan fingerprint density at radius 1 is 1.39 bits per heavy atom. The first-order chi connectivity index (χ1) is 13.1. The summed E-state index contributed by atoms with van der Waals surface area (Å²) >= 11 is 0. The number of nitro groups is 1. The lowest BCUT2D eigenvalue weighted by molar-refractivity contribution is -0.387. The quantitative estimate of drug-likeness (QED) is 0.633. The fourth-order valence-corrected chi connectivity index (χ4v) is 3.04. The van der Waals surface area contributed by atoms with Gasteiger partial charge in [-0.3, -0.25) is 14.8 Å². The smallest absolute Gasteiger partial charge is 0.410 e. The molecule has 0 atom stereocenters. The second-order valence-electron chi connectivity index (χ2n) is 7.54. The molecule has 2 aromatic rings. The molecule has 1 aromatic heterocycles. The van der Waals surface area contributed by atoms with E-state index in [1.165, 1.54) is 27.9 Å². The minimum absolute atomic E-state index is 0.00665. The fraction of sp³-hybridized carbons (Fsp3) is 0.444. The maximum Gasteiger partial charge on any atom is 0.410 e. The van der Waals surface area contributed by atoms with Crippen LogP contribution in [0.15, 0.2) is 24.4 Å². The highest BCUT2D eigenvalue weighted by Gasteiger charge is 2.36. The molecule has 3 rings (SSSR count). The average Bonchev–Trinajstić information content (AvgIpc) is 2.95. The lowest BCUT2D eigenvalue weighted by Gasteiger charge is -2.40. The maximum absolute atomic E-state index is 14.5. The van der Waals surface area contributed by atoms with Gasteiger partial charge in [-0.1, -0.05) is 12.1 Å². The van der Waals surface area contributed by atoms with Gasteiger partial charge < -0.3 is 14.7 Å². The summed E-state index contributed by atoms with van der Waals surface area (Å²) in [6.07, 6.45) is 0.926. The van der Waals surface area contributed by atoms with E-state index in [0.29, 0.717) is 18.8 Å². The van der Waals surface area contributed by atoms with Crippen LogP contribution >= 0.6 is 0 Å². The number of hydrogen-bond acceptors (Lipinski definition) is 6. The number of aromatic nitrogens is 2. The van der Waals surface area contributed by atoms with Crippen LogP contribution in [-0.2, 0) is 11.3 Å². The number of amides is 1. The number of carbonyl (C=O) groups excluding carboxylic acids is 1. The standard InChI is InChI=1S/C18H21FN4O5/c1-18(2,3)28-17(25)21-8-11(9-21)22-15(10-24)13(7-20-22)12-5-4-6-14(16(12)19)23(26)27/h4-7,11,24H,8-10H2,1-3H3. The van der Waals surface area contributed by atoms with Gasteiger partial charge >= 0.3 is 11.8 Å². The number of rotatable bonds is 4. The van der Waals surface area contributed by atoms with E-state index in [1.807, 2.05) is 0 Å². The Morgan fingerprint density at radius 3 is 2.64 bits per heavy atom. The van der Waals surface area contributed by atoms with Gasteiger partial charge in [0.2, 0.25) is 5.82 Å². The first-order valence-electron chi connectivity index (χ1n) is 8.71. The molecule has 10 heteroatoms. The van der Waals surface area contributed by atoms with Crippen molar-refractivity contribution >= 4 is 11.8 Å². The van der Waals surface area contributed by atoms with E-state index < -0.39 is 34.7 Å². The van der Waals surface area contributed by atoms with Crippen LogP contribution in [0.4, 0.5) is 14.9 Å². The Bertz CT molecular complexity index is 915. The number of hydrogen-bond donors (Lipinski definition) is 1. The largest absolute Gasteiger partial charge is 0.444 e. The number of nitro benzene ring substituents is 1. The van der Waals surface area contributed by atoms with Gasteiger partial charge in [0, 0.05) is 30.3 Å². The lowest BCUT2D eigenvalue weighted by atomic mass is 10.0. The summed E-state index contributed by atoms with van der Waals surface area (Å²) in [6.45, 7) is 5.57.